The summed E-state index contributed by atoms with van der Waals surface area (Å²) in [7, 11) is 4.36. The third-order valence-electron chi connectivity index (χ3n) is 6.63. The van der Waals surface area contributed by atoms with Gasteiger partial charge in [0.05, 0.1) is 0 Å². The van der Waals surface area contributed by atoms with Crippen LogP contribution in [0.15, 0.2) is 24.4 Å². The van der Waals surface area contributed by atoms with E-state index < -0.39 is 0 Å². The third-order valence-corrected chi connectivity index (χ3v) is 6.63. The molecule has 0 saturated carbocycles. The van der Waals surface area contributed by atoms with E-state index in [1.54, 1.807) is 6.92 Å². The standard InChI is InChI=1S/C24H35N3O.C2H6/c1-8-16(2)20-13-22-14-23(19(5)28)17(3)24(27(22)15-20)18(4)26-11-9-21(10-12-26)25(6)7;1-2/h8,13-15,18,21H,9-12H2,1-7H3;1-2H3/b16-8+;. The molecule has 1 unspecified atom stereocenters. The molecule has 0 amide bonds. The van der Waals surface area contributed by atoms with Gasteiger partial charge in [0.15, 0.2) is 5.78 Å². The maximum Gasteiger partial charge on any atom is 0.160 e. The molecular formula is C26H41N3O. The molecule has 2 aromatic rings. The molecule has 166 valence electrons. The monoisotopic (exact) mass is 411 g/mol. The van der Waals surface area contributed by atoms with Crippen LogP contribution < -0.4 is 0 Å². The minimum atomic E-state index is 0.144. The number of carbonyl (C=O) groups excluding carboxylic acids is 1. The molecule has 0 radical (unpaired) electrons. The van der Waals surface area contributed by atoms with E-state index in [0.717, 1.165) is 29.7 Å². The van der Waals surface area contributed by atoms with Crippen molar-refractivity contribution in [3.63, 3.8) is 0 Å². The predicted octanol–water partition coefficient (Wildman–Crippen LogP) is 5.99. The van der Waals surface area contributed by atoms with E-state index in [0.29, 0.717) is 6.04 Å². The summed E-state index contributed by atoms with van der Waals surface area (Å²) in [5.41, 5.74) is 6.81. The van der Waals surface area contributed by atoms with Crippen molar-refractivity contribution in [3.8, 4) is 0 Å². The van der Waals surface area contributed by atoms with Crippen molar-refractivity contribution in [3.05, 3.63) is 46.8 Å². The highest BCUT2D eigenvalue weighted by Crippen LogP contribution is 2.32. The highest BCUT2D eigenvalue weighted by atomic mass is 16.1. The fourth-order valence-corrected chi connectivity index (χ4v) is 4.60. The number of nitrogens with zero attached hydrogens (tertiary/aromatic N) is 3. The van der Waals surface area contributed by atoms with Crippen LogP contribution >= 0.6 is 0 Å². The Hall–Kier alpha value is -1.91. The molecule has 0 spiro atoms. The average Bonchev–Trinajstić information content (AvgIpc) is 3.17. The van der Waals surface area contributed by atoms with Crippen LogP contribution in [0.1, 0.15) is 87.6 Å². The van der Waals surface area contributed by atoms with Gasteiger partial charge in [0.2, 0.25) is 0 Å². The molecule has 0 N–H and O–H groups in total. The Morgan fingerprint density at radius 1 is 1.17 bits per heavy atom. The average molecular weight is 412 g/mol. The fraction of sp³-hybridized carbons (Fsp3) is 0.577. The maximum absolute atomic E-state index is 12.3. The number of Topliss-reactive ketones (excluding diaryl/α,β-unsaturated/α-hetero) is 1. The Balaban J connectivity index is 0.00000155. The van der Waals surface area contributed by atoms with Crippen LogP contribution in [0.2, 0.25) is 0 Å². The number of fused-ring (bicyclic) bond motifs is 1. The van der Waals surface area contributed by atoms with E-state index in [9.17, 15) is 4.79 Å². The van der Waals surface area contributed by atoms with Crippen molar-refractivity contribution in [2.45, 2.75) is 73.4 Å². The van der Waals surface area contributed by atoms with Gasteiger partial charge in [0.1, 0.15) is 0 Å². The summed E-state index contributed by atoms with van der Waals surface area (Å²) in [6.45, 7) is 16.5. The summed E-state index contributed by atoms with van der Waals surface area (Å²) in [6.07, 6.45) is 6.77. The Morgan fingerprint density at radius 2 is 1.77 bits per heavy atom. The number of aromatic nitrogens is 1. The summed E-state index contributed by atoms with van der Waals surface area (Å²) in [5.74, 6) is 0.144. The molecule has 1 fully saturated rings. The first-order valence-electron chi connectivity index (χ1n) is 11.4. The third kappa shape index (κ3) is 4.87. The van der Waals surface area contributed by atoms with E-state index in [4.69, 9.17) is 0 Å². The number of likely N-dealkylation sites (tertiary alicyclic amines) is 1. The number of pyridine rings is 1. The molecule has 0 bridgehead atoms. The zero-order valence-electron chi connectivity index (χ0n) is 20.5. The van der Waals surface area contributed by atoms with Gasteiger partial charge in [0.25, 0.3) is 0 Å². The smallest absolute Gasteiger partial charge is 0.160 e. The van der Waals surface area contributed by atoms with Crippen molar-refractivity contribution in [1.29, 1.82) is 0 Å². The SMILES string of the molecule is C/C=C(\C)c1cc2cc(C(C)=O)c(C)c(C(C)N3CCC(N(C)C)CC3)n2c1.CC. The lowest BCUT2D eigenvalue weighted by atomic mass is 9.97. The summed E-state index contributed by atoms with van der Waals surface area (Å²) in [4.78, 5) is 17.3. The first kappa shape index (κ1) is 24.4. The van der Waals surface area contributed by atoms with Crippen LogP contribution in [0.3, 0.4) is 0 Å². The second-order valence-electron chi connectivity index (χ2n) is 8.53. The molecule has 1 saturated heterocycles. The molecule has 3 heterocycles. The minimum absolute atomic E-state index is 0.144. The number of allylic oxidation sites excluding steroid dienone is 2. The maximum atomic E-state index is 12.3. The van der Waals surface area contributed by atoms with Crippen molar-refractivity contribution in [1.82, 2.24) is 14.2 Å². The fourth-order valence-electron chi connectivity index (χ4n) is 4.60. The van der Waals surface area contributed by atoms with Crippen LogP contribution in [0.25, 0.3) is 11.1 Å². The lowest BCUT2D eigenvalue weighted by Crippen LogP contribution is -2.43. The Labute approximate surface area is 183 Å². The lowest BCUT2D eigenvalue weighted by molar-refractivity contribution is 0.101. The lowest BCUT2D eigenvalue weighted by Gasteiger charge is -2.39. The summed E-state index contributed by atoms with van der Waals surface area (Å²) >= 11 is 0. The van der Waals surface area contributed by atoms with Gasteiger partial charge < -0.3 is 9.30 Å². The molecule has 3 rings (SSSR count). The number of hydrogen-bond acceptors (Lipinski definition) is 3. The summed E-state index contributed by atoms with van der Waals surface area (Å²) < 4.78 is 2.31. The highest BCUT2D eigenvalue weighted by molar-refractivity contribution is 5.97. The molecule has 1 atom stereocenters. The van der Waals surface area contributed by atoms with Crippen molar-refractivity contribution >= 4 is 16.9 Å². The zero-order chi connectivity index (χ0) is 22.6. The first-order valence-corrected chi connectivity index (χ1v) is 11.4. The van der Waals surface area contributed by atoms with Crippen LogP contribution in [-0.2, 0) is 0 Å². The highest BCUT2D eigenvalue weighted by Gasteiger charge is 2.27. The molecule has 0 aliphatic carbocycles. The van der Waals surface area contributed by atoms with Crippen molar-refractivity contribution < 1.29 is 4.79 Å². The number of piperidine rings is 1. The molecule has 2 aromatic heterocycles. The van der Waals surface area contributed by atoms with Crippen LogP contribution in [0.5, 0.6) is 0 Å². The first-order chi connectivity index (χ1) is 14.2. The van der Waals surface area contributed by atoms with Gasteiger partial charge in [-0.2, -0.15) is 0 Å². The van der Waals surface area contributed by atoms with E-state index >= 15 is 0 Å². The number of rotatable bonds is 5. The molecule has 4 heteroatoms. The number of hydrogen-bond donors (Lipinski definition) is 0. The van der Waals surface area contributed by atoms with Gasteiger partial charge in [-0.3, -0.25) is 9.69 Å². The largest absolute Gasteiger partial charge is 0.318 e. The van der Waals surface area contributed by atoms with Gasteiger partial charge in [-0.15, -0.1) is 0 Å². The molecule has 1 aliphatic rings. The van der Waals surface area contributed by atoms with Gasteiger partial charge in [0, 0.05) is 48.1 Å². The van der Waals surface area contributed by atoms with Gasteiger partial charge in [-0.1, -0.05) is 19.9 Å². The van der Waals surface area contributed by atoms with E-state index in [1.165, 1.54) is 29.7 Å². The Kier molecular flexibility index (Phi) is 8.45. The van der Waals surface area contributed by atoms with Crippen molar-refractivity contribution in [2.75, 3.05) is 27.2 Å². The van der Waals surface area contributed by atoms with Gasteiger partial charge in [-0.05, 0) is 90.4 Å². The molecule has 30 heavy (non-hydrogen) atoms. The zero-order valence-corrected chi connectivity index (χ0v) is 20.5. The number of ketones is 1. The second-order valence-corrected chi connectivity index (χ2v) is 8.53. The summed E-state index contributed by atoms with van der Waals surface area (Å²) in [5, 5.41) is 0. The molecule has 0 aromatic carbocycles. The number of carbonyl (C=O) groups is 1. The summed E-state index contributed by atoms with van der Waals surface area (Å²) in [6, 6.07) is 5.20. The molecular weight excluding hydrogens is 370 g/mol. The molecule has 4 nitrogen and oxygen atoms in total. The Morgan fingerprint density at radius 3 is 2.27 bits per heavy atom. The van der Waals surface area contributed by atoms with Crippen LogP contribution in [0, 0.1) is 6.92 Å². The predicted molar refractivity (Wildman–Crippen MR) is 130 cm³/mol. The van der Waals surface area contributed by atoms with E-state index in [-0.39, 0.29) is 11.8 Å². The minimum Gasteiger partial charge on any atom is -0.318 e. The topological polar surface area (TPSA) is 28.0 Å². The molecule has 1 aliphatic heterocycles. The van der Waals surface area contributed by atoms with Crippen LogP contribution in [-0.4, -0.2) is 53.2 Å². The van der Waals surface area contributed by atoms with E-state index in [1.807, 2.05) is 13.8 Å². The Bertz CT molecular complexity index is 899. The normalized spacial score (nSPS) is 17.2. The van der Waals surface area contributed by atoms with Gasteiger partial charge >= 0.3 is 0 Å². The quantitative estimate of drug-likeness (QED) is 0.566. The van der Waals surface area contributed by atoms with E-state index in [2.05, 4.69) is 80.4 Å². The van der Waals surface area contributed by atoms with Gasteiger partial charge in [-0.25, -0.2) is 0 Å². The van der Waals surface area contributed by atoms with Crippen molar-refractivity contribution in [2.24, 2.45) is 0 Å². The van der Waals surface area contributed by atoms with Crippen LogP contribution in [0.4, 0.5) is 0 Å². The second kappa shape index (κ2) is 10.4.